The number of fused-ring (bicyclic) bond motifs is 1. The Bertz CT molecular complexity index is 607. The van der Waals surface area contributed by atoms with E-state index in [1.165, 1.54) is 0 Å². The zero-order valence-electron chi connectivity index (χ0n) is 12.1. The topological polar surface area (TPSA) is 52.3 Å². The molecule has 2 aromatic rings. The molecular weight excluding hydrogens is 250 g/mol. The number of benzene rings is 2. The summed E-state index contributed by atoms with van der Waals surface area (Å²) in [6, 6.07) is 11.5. The Balaban J connectivity index is 2.15. The molecule has 2 N–H and O–H groups in total. The van der Waals surface area contributed by atoms with Gasteiger partial charge in [-0.1, -0.05) is 44.5 Å². The van der Waals surface area contributed by atoms with Gasteiger partial charge in [-0.05, 0) is 35.2 Å². The van der Waals surface area contributed by atoms with Crippen molar-refractivity contribution >= 4 is 22.4 Å². The van der Waals surface area contributed by atoms with E-state index in [9.17, 15) is 4.79 Å². The molecular formula is C17H21NO2. The normalized spacial score (nSPS) is 12.3. The summed E-state index contributed by atoms with van der Waals surface area (Å²) in [7, 11) is 0. The Hall–Kier alpha value is -2.03. The second-order valence-corrected chi connectivity index (χ2v) is 5.28. The molecule has 106 valence electrons. The summed E-state index contributed by atoms with van der Waals surface area (Å²) in [4.78, 5) is 12.1. The van der Waals surface area contributed by atoms with E-state index in [0.29, 0.717) is 23.8 Å². The molecule has 0 saturated carbocycles. The molecule has 0 bridgehead atoms. The fourth-order valence-electron chi connectivity index (χ4n) is 2.31. The summed E-state index contributed by atoms with van der Waals surface area (Å²) in [6.45, 7) is 4.65. The van der Waals surface area contributed by atoms with E-state index < -0.39 is 0 Å². The van der Waals surface area contributed by atoms with Crippen LogP contribution in [0, 0.1) is 5.92 Å². The number of anilines is 1. The molecule has 2 rings (SSSR count). The Kier molecular flexibility index (Phi) is 4.61. The van der Waals surface area contributed by atoms with E-state index in [-0.39, 0.29) is 5.97 Å². The van der Waals surface area contributed by atoms with E-state index in [1.807, 2.05) is 30.3 Å². The maximum Gasteiger partial charge on any atom is 0.340 e. The molecule has 0 aliphatic heterocycles. The van der Waals surface area contributed by atoms with Crippen LogP contribution in [0.25, 0.3) is 10.8 Å². The van der Waals surface area contributed by atoms with Crippen molar-refractivity contribution in [2.24, 2.45) is 5.92 Å². The van der Waals surface area contributed by atoms with E-state index in [2.05, 4.69) is 13.8 Å². The van der Waals surface area contributed by atoms with Crippen LogP contribution in [-0.2, 0) is 4.74 Å². The molecule has 0 fully saturated rings. The van der Waals surface area contributed by atoms with Gasteiger partial charge in [-0.3, -0.25) is 0 Å². The SMILES string of the molecule is CCCC(C)COC(=O)c1cc2ccccc2cc1N. The van der Waals surface area contributed by atoms with Gasteiger partial charge < -0.3 is 10.5 Å². The van der Waals surface area contributed by atoms with Crippen LogP contribution in [-0.4, -0.2) is 12.6 Å². The molecule has 1 unspecified atom stereocenters. The molecule has 0 amide bonds. The third kappa shape index (κ3) is 3.29. The molecule has 0 heterocycles. The maximum absolute atomic E-state index is 12.1. The number of ether oxygens (including phenoxy) is 1. The summed E-state index contributed by atoms with van der Waals surface area (Å²) in [5.41, 5.74) is 6.87. The summed E-state index contributed by atoms with van der Waals surface area (Å²) >= 11 is 0. The van der Waals surface area contributed by atoms with Gasteiger partial charge >= 0.3 is 5.97 Å². The van der Waals surface area contributed by atoms with Gasteiger partial charge in [0.25, 0.3) is 0 Å². The Morgan fingerprint density at radius 2 is 1.90 bits per heavy atom. The highest BCUT2D eigenvalue weighted by atomic mass is 16.5. The van der Waals surface area contributed by atoms with E-state index in [4.69, 9.17) is 10.5 Å². The molecule has 0 aliphatic carbocycles. The van der Waals surface area contributed by atoms with E-state index in [0.717, 1.165) is 23.6 Å². The lowest BCUT2D eigenvalue weighted by Crippen LogP contribution is -2.13. The van der Waals surface area contributed by atoms with Gasteiger partial charge in [0.2, 0.25) is 0 Å². The van der Waals surface area contributed by atoms with Gasteiger partial charge in [0.1, 0.15) is 0 Å². The van der Waals surface area contributed by atoms with Crippen LogP contribution >= 0.6 is 0 Å². The molecule has 0 spiro atoms. The molecule has 0 radical (unpaired) electrons. The highest BCUT2D eigenvalue weighted by Gasteiger charge is 2.13. The number of rotatable bonds is 5. The third-order valence-corrected chi connectivity index (χ3v) is 3.42. The number of esters is 1. The van der Waals surface area contributed by atoms with Crippen LogP contribution < -0.4 is 5.73 Å². The van der Waals surface area contributed by atoms with Gasteiger partial charge in [-0.15, -0.1) is 0 Å². The smallest absolute Gasteiger partial charge is 0.340 e. The van der Waals surface area contributed by atoms with E-state index >= 15 is 0 Å². The minimum absolute atomic E-state index is 0.337. The van der Waals surface area contributed by atoms with E-state index in [1.54, 1.807) is 6.07 Å². The lowest BCUT2D eigenvalue weighted by molar-refractivity contribution is 0.0445. The highest BCUT2D eigenvalue weighted by molar-refractivity contribution is 6.01. The largest absolute Gasteiger partial charge is 0.462 e. The molecule has 20 heavy (non-hydrogen) atoms. The first-order valence-electron chi connectivity index (χ1n) is 7.07. The average Bonchev–Trinajstić information content (AvgIpc) is 2.44. The van der Waals surface area contributed by atoms with Crippen LogP contribution in [0.15, 0.2) is 36.4 Å². The number of carbonyl (C=O) groups excluding carboxylic acids is 1. The number of hydrogen-bond donors (Lipinski definition) is 1. The monoisotopic (exact) mass is 271 g/mol. The molecule has 2 aromatic carbocycles. The van der Waals surface area contributed by atoms with Crippen molar-refractivity contribution in [1.29, 1.82) is 0 Å². The standard InChI is InChI=1S/C17H21NO2/c1-3-6-12(2)11-20-17(19)15-9-13-7-4-5-8-14(13)10-16(15)18/h4-5,7-10,12H,3,6,11,18H2,1-2H3. The van der Waals surface area contributed by atoms with Crippen molar-refractivity contribution in [3.63, 3.8) is 0 Å². The first-order chi connectivity index (χ1) is 9.61. The van der Waals surface area contributed by atoms with Crippen LogP contribution in [0.4, 0.5) is 5.69 Å². The summed E-state index contributed by atoms with van der Waals surface area (Å²) in [6.07, 6.45) is 2.15. The Morgan fingerprint density at radius 3 is 2.55 bits per heavy atom. The van der Waals surface area contributed by atoms with Gasteiger partial charge in [0, 0.05) is 5.69 Å². The van der Waals surface area contributed by atoms with Crippen LogP contribution in [0.2, 0.25) is 0 Å². The first kappa shape index (κ1) is 14.4. The molecule has 0 aliphatic rings. The van der Waals surface area contributed by atoms with Crippen molar-refractivity contribution in [2.75, 3.05) is 12.3 Å². The zero-order valence-corrected chi connectivity index (χ0v) is 12.1. The number of carbonyl (C=O) groups is 1. The molecule has 3 heteroatoms. The maximum atomic E-state index is 12.1. The second-order valence-electron chi connectivity index (χ2n) is 5.28. The van der Waals surface area contributed by atoms with Crippen LogP contribution in [0.1, 0.15) is 37.0 Å². The lowest BCUT2D eigenvalue weighted by Gasteiger charge is -2.12. The van der Waals surface area contributed by atoms with Crippen molar-refractivity contribution in [3.8, 4) is 0 Å². The highest BCUT2D eigenvalue weighted by Crippen LogP contribution is 2.22. The van der Waals surface area contributed by atoms with Gasteiger partial charge in [-0.25, -0.2) is 4.79 Å². The molecule has 3 nitrogen and oxygen atoms in total. The minimum Gasteiger partial charge on any atom is -0.462 e. The number of nitrogens with two attached hydrogens (primary N) is 1. The predicted molar refractivity (Wildman–Crippen MR) is 82.7 cm³/mol. The van der Waals surface area contributed by atoms with Crippen LogP contribution in [0.3, 0.4) is 0 Å². The van der Waals surface area contributed by atoms with Crippen molar-refractivity contribution < 1.29 is 9.53 Å². The Morgan fingerprint density at radius 1 is 1.25 bits per heavy atom. The quantitative estimate of drug-likeness (QED) is 0.660. The van der Waals surface area contributed by atoms with Crippen LogP contribution in [0.5, 0.6) is 0 Å². The first-order valence-corrected chi connectivity index (χ1v) is 7.07. The van der Waals surface area contributed by atoms with Gasteiger partial charge in [-0.2, -0.15) is 0 Å². The molecule has 0 aromatic heterocycles. The number of hydrogen-bond acceptors (Lipinski definition) is 3. The third-order valence-electron chi connectivity index (χ3n) is 3.42. The predicted octanol–water partition coefficient (Wildman–Crippen LogP) is 4.02. The summed E-state index contributed by atoms with van der Waals surface area (Å²) < 4.78 is 5.35. The molecule has 1 atom stereocenters. The fraction of sp³-hybridized carbons (Fsp3) is 0.353. The molecule has 0 saturated heterocycles. The minimum atomic E-state index is -0.337. The average molecular weight is 271 g/mol. The second kappa shape index (κ2) is 6.42. The lowest BCUT2D eigenvalue weighted by atomic mass is 10.0. The number of nitrogen functional groups attached to an aromatic ring is 1. The van der Waals surface area contributed by atoms with Gasteiger partial charge in [0.15, 0.2) is 0 Å². The fourth-order valence-corrected chi connectivity index (χ4v) is 2.31. The van der Waals surface area contributed by atoms with Gasteiger partial charge in [0.05, 0.1) is 12.2 Å². The van der Waals surface area contributed by atoms with Crippen molar-refractivity contribution in [1.82, 2.24) is 0 Å². The van der Waals surface area contributed by atoms with Crippen molar-refractivity contribution in [2.45, 2.75) is 26.7 Å². The summed E-state index contributed by atoms with van der Waals surface area (Å²) in [5.74, 6) is 0.0434. The Labute approximate surface area is 119 Å². The van der Waals surface area contributed by atoms with Crippen molar-refractivity contribution in [3.05, 3.63) is 42.0 Å². The zero-order chi connectivity index (χ0) is 14.5. The summed E-state index contributed by atoms with van der Waals surface area (Å²) in [5, 5.41) is 2.02.